The molecule has 1 aromatic heterocycles. The van der Waals surface area contributed by atoms with Crippen LogP contribution in [0.4, 0.5) is 11.6 Å². The van der Waals surface area contributed by atoms with Crippen molar-refractivity contribution in [3.63, 3.8) is 0 Å². The van der Waals surface area contributed by atoms with E-state index in [0.29, 0.717) is 29.1 Å². The Hall–Kier alpha value is -2.55. The summed E-state index contributed by atoms with van der Waals surface area (Å²) in [7, 11) is 0. The van der Waals surface area contributed by atoms with Crippen LogP contribution in [0, 0.1) is 6.92 Å². The average Bonchev–Trinajstić information content (AvgIpc) is 3.17. The molecule has 1 aliphatic heterocycles. The highest BCUT2D eigenvalue weighted by Crippen LogP contribution is 2.27. The van der Waals surface area contributed by atoms with E-state index in [-0.39, 0.29) is 11.7 Å². The first kappa shape index (κ1) is 20.7. The molecule has 1 aliphatic rings. The number of thioether (sulfide) groups is 1. The van der Waals surface area contributed by atoms with E-state index in [9.17, 15) is 4.79 Å². The van der Waals surface area contributed by atoms with Crippen LogP contribution in [0.2, 0.25) is 5.02 Å². The molecule has 1 saturated heterocycles. The highest BCUT2D eigenvalue weighted by Gasteiger charge is 2.22. The first-order chi connectivity index (χ1) is 14.6. The highest BCUT2D eigenvalue weighted by molar-refractivity contribution is 7.99. The van der Waals surface area contributed by atoms with Gasteiger partial charge in [0.2, 0.25) is 11.9 Å². The maximum atomic E-state index is 12.4. The molecule has 7 nitrogen and oxygen atoms in total. The third-order valence-electron chi connectivity index (χ3n) is 4.64. The topological polar surface area (TPSA) is 72.3 Å². The summed E-state index contributed by atoms with van der Waals surface area (Å²) in [5.74, 6) is 0.841. The Morgan fingerprint density at radius 2 is 1.93 bits per heavy atom. The normalized spacial score (nSPS) is 14.0. The predicted molar refractivity (Wildman–Crippen MR) is 120 cm³/mol. The van der Waals surface area contributed by atoms with Crippen LogP contribution in [-0.4, -0.2) is 52.7 Å². The van der Waals surface area contributed by atoms with Crippen LogP contribution in [-0.2, 0) is 9.53 Å². The molecular formula is C21H22ClN5O2S. The van der Waals surface area contributed by atoms with Crippen LogP contribution in [0.1, 0.15) is 5.56 Å². The number of carbonyl (C=O) groups excluding carboxylic acids is 1. The second-order valence-corrected chi connectivity index (χ2v) is 8.28. The molecular weight excluding hydrogens is 422 g/mol. The largest absolute Gasteiger partial charge is 0.378 e. The number of aromatic nitrogens is 3. The number of amides is 1. The molecule has 3 aromatic rings. The first-order valence-corrected chi connectivity index (χ1v) is 11.0. The van der Waals surface area contributed by atoms with Crippen LogP contribution >= 0.6 is 23.4 Å². The van der Waals surface area contributed by atoms with Crippen molar-refractivity contribution in [1.29, 1.82) is 0 Å². The lowest BCUT2D eigenvalue weighted by Crippen LogP contribution is -2.37. The van der Waals surface area contributed by atoms with Crippen LogP contribution in [0.15, 0.2) is 53.7 Å². The van der Waals surface area contributed by atoms with Crippen molar-refractivity contribution in [2.75, 3.05) is 42.3 Å². The first-order valence-electron chi connectivity index (χ1n) is 9.63. The van der Waals surface area contributed by atoms with Gasteiger partial charge in [0.05, 0.1) is 24.7 Å². The zero-order valence-electron chi connectivity index (χ0n) is 16.5. The number of ether oxygens (including phenoxy) is 1. The molecule has 0 saturated carbocycles. The Bertz CT molecular complexity index is 1020. The number of halogens is 1. The number of carbonyl (C=O) groups is 1. The summed E-state index contributed by atoms with van der Waals surface area (Å²) >= 11 is 7.33. The molecule has 0 unspecified atom stereocenters. The molecule has 30 heavy (non-hydrogen) atoms. The molecule has 1 N–H and O–H groups in total. The minimum Gasteiger partial charge on any atom is -0.378 e. The molecule has 156 valence electrons. The van der Waals surface area contributed by atoms with Gasteiger partial charge in [-0.15, -0.1) is 10.2 Å². The van der Waals surface area contributed by atoms with Gasteiger partial charge in [-0.05, 0) is 37.3 Å². The number of hydrogen-bond acceptors (Lipinski definition) is 6. The number of benzene rings is 2. The Kier molecular flexibility index (Phi) is 6.56. The van der Waals surface area contributed by atoms with Gasteiger partial charge < -0.3 is 15.0 Å². The van der Waals surface area contributed by atoms with E-state index in [1.165, 1.54) is 17.3 Å². The molecule has 0 radical (unpaired) electrons. The standard InChI is InChI=1S/C21H22ClN5O2S/c1-15-5-7-18(8-6-15)27-20(26-9-11-29-12-10-26)24-25-21(27)30-14-19(28)23-17-4-2-3-16(22)13-17/h2-8,13H,9-12,14H2,1H3,(H,23,28). The van der Waals surface area contributed by atoms with Crippen molar-refractivity contribution in [1.82, 2.24) is 14.8 Å². The summed E-state index contributed by atoms with van der Waals surface area (Å²) in [6.45, 7) is 4.87. The fourth-order valence-electron chi connectivity index (χ4n) is 3.14. The summed E-state index contributed by atoms with van der Waals surface area (Å²) < 4.78 is 7.47. The van der Waals surface area contributed by atoms with Crippen LogP contribution in [0.3, 0.4) is 0 Å². The Morgan fingerprint density at radius 1 is 1.17 bits per heavy atom. The van der Waals surface area contributed by atoms with Crippen molar-refractivity contribution in [2.24, 2.45) is 0 Å². The summed E-state index contributed by atoms with van der Waals surface area (Å²) in [6, 6.07) is 15.3. The molecule has 0 spiro atoms. The Morgan fingerprint density at radius 3 is 2.67 bits per heavy atom. The number of rotatable bonds is 6. The molecule has 0 aliphatic carbocycles. The van der Waals surface area contributed by atoms with Crippen LogP contribution in [0.5, 0.6) is 0 Å². The zero-order chi connectivity index (χ0) is 20.9. The molecule has 0 bridgehead atoms. The third-order valence-corrected chi connectivity index (χ3v) is 5.81. The quantitative estimate of drug-likeness (QED) is 0.584. The predicted octanol–water partition coefficient (Wildman–Crippen LogP) is 3.80. The van der Waals surface area contributed by atoms with Crippen LogP contribution in [0.25, 0.3) is 5.69 Å². The van der Waals surface area contributed by atoms with Gasteiger partial charge in [-0.25, -0.2) is 0 Å². The minimum atomic E-state index is -0.131. The number of aryl methyl sites for hydroxylation is 1. The summed E-state index contributed by atoms with van der Waals surface area (Å²) in [5.41, 5.74) is 2.81. The number of hydrogen-bond donors (Lipinski definition) is 1. The molecule has 2 aromatic carbocycles. The fourth-order valence-corrected chi connectivity index (χ4v) is 4.07. The molecule has 1 amide bonds. The maximum absolute atomic E-state index is 12.4. The molecule has 2 heterocycles. The Labute approximate surface area is 184 Å². The van der Waals surface area contributed by atoms with E-state index in [4.69, 9.17) is 16.3 Å². The lowest BCUT2D eigenvalue weighted by atomic mass is 10.2. The smallest absolute Gasteiger partial charge is 0.234 e. The van der Waals surface area contributed by atoms with E-state index in [0.717, 1.165) is 24.7 Å². The van der Waals surface area contributed by atoms with E-state index >= 15 is 0 Å². The van der Waals surface area contributed by atoms with Gasteiger partial charge in [0.25, 0.3) is 0 Å². The van der Waals surface area contributed by atoms with E-state index < -0.39 is 0 Å². The molecule has 0 atom stereocenters. The van der Waals surface area contributed by atoms with Crippen molar-refractivity contribution in [3.05, 3.63) is 59.1 Å². The highest BCUT2D eigenvalue weighted by atomic mass is 35.5. The lowest BCUT2D eigenvalue weighted by molar-refractivity contribution is -0.113. The van der Waals surface area contributed by atoms with Gasteiger partial charge in [0.15, 0.2) is 5.16 Å². The fraction of sp³-hybridized carbons (Fsp3) is 0.286. The lowest BCUT2D eigenvalue weighted by Gasteiger charge is -2.27. The third kappa shape index (κ3) is 4.95. The monoisotopic (exact) mass is 443 g/mol. The van der Waals surface area contributed by atoms with Gasteiger partial charge in [-0.2, -0.15) is 0 Å². The van der Waals surface area contributed by atoms with Crippen molar-refractivity contribution in [2.45, 2.75) is 12.1 Å². The molecule has 1 fully saturated rings. The van der Waals surface area contributed by atoms with E-state index in [1.807, 2.05) is 16.7 Å². The van der Waals surface area contributed by atoms with Crippen LogP contribution < -0.4 is 10.2 Å². The van der Waals surface area contributed by atoms with Gasteiger partial charge in [0, 0.05) is 23.8 Å². The Balaban J connectivity index is 1.54. The number of morpholine rings is 1. The van der Waals surface area contributed by atoms with Crippen molar-refractivity contribution < 1.29 is 9.53 Å². The average molecular weight is 444 g/mol. The number of nitrogens with one attached hydrogen (secondary N) is 1. The van der Waals surface area contributed by atoms with Gasteiger partial charge in [-0.1, -0.05) is 47.1 Å². The zero-order valence-corrected chi connectivity index (χ0v) is 18.1. The van der Waals surface area contributed by atoms with Gasteiger partial charge in [-0.3, -0.25) is 9.36 Å². The van der Waals surface area contributed by atoms with Crippen molar-refractivity contribution >= 4 is 40.9 Å². The number of anilines is 2. The van der Waals surface area contributed by atoms with Gasteiger partial charge in [0.1, 0.15) is 0 Å². The maximum Gasteiger partial charge on any atom is 0.234 e. The molecule has 4 rings (SSSR count). The SMILES string of the molecule is Cc1ccc(-n2c(SCC(=O)Nc3cccc(Cl)c3)nnc2N2CCOCC2)cc1. The molecule has 9 heteroatoms. The second-order valence-electron chi connectivity index (χ2n) is 6.90. The van der Waals surface area contributed by atoms with Crippen molar-refractivity contribution in [3.8, 4) is 5.69 Å². The van der Waals surface area contributed by atoms with E-state index in [1.54, 1.807) is 24.3 Å². The number of nitrogens with zero attached hydrogens (tertiary/aromatic N) is 4. The summed E-state index contributed by atoms with van der Waals surface area (Å²) in [5, 5.41) is 12.9. The summed E-state index contributed by atoms with van der Waals surface area (Å²) in [6.07, 6.45) is 0. The minimum absolute atomic E-state index is 0.131. The van der Waals surface area contributed by atoms with E-state index in [2.05, 4.69) is 39.5 Å². The van der Waals surface area contributed by atoms with Gasteiger partial charge >= 0.3 is 0 Å². The summed E-state index contributed by atoms with van der Waals surface area (Å²) in [4.78, 5) is 14.6. The second kappa shape index (κ2) is 9.51.